The third kappa shape index (κ3) is 4.51. The second-order valence-electron chi connectivity index (χ2n) is 5.07. The second kappa shape index (κ2) is 7.33. The van der Waals surface area contributed by atoms with E-state index >= 15 is 0 Å². The summed E-state index contributed by atoms with van der Waals surface area (Å²) in [4.78, 5) is 12.8. The Labute approximate surface area is 132 Å². The molecule has 6 heteroatoms. The molecule has 3 nitrogen and oxygen atoms in total. The highest BCUT2D eigenvalue weighted by Gasteiger charge is 2.14. The highest BCUT2D eigenvalue weighted by molar-refractivity contribution is 6.31. The zero-order valence-corrected chi connectivity index (χ0v) is 12.8. The molecule has 0 heterocycles. The first kappa shape index (κ1) is 16.4. The summed E-state index contributed by atoms with van der Waals surface area (Å²) in [6.45, 7) is 0.709. The van der Waals surface area contributed by atoms with Crippen LogP contribution >= 0.6 is 11.6 Å². The summed E-state index contributed by atoms with van der Waals surface area (Å²) in [6, 6.07) is 10.4. The van der Waals surface area contributed by atoms with Crippen molar-refractivity contribution in [3.63, 3.8) is 0 Å². The van der Waals surface area contributed by atoms with Crippen LogP contribution in [-0.2, 0) is 11.3 Å². The summed E-state index contributed by atoms with van der Waals surface area (Å²) in [7, 11) is 1.84. The first-order valence-corrected chi connectivity index (χ1v) is 7.13. The summed E-state index contributed by atoms with van der Waals surface area (Å²) >= 11 is 6.07. The average molecular weight is 326 g/mol. The molecule has 0 bridgehead atoms. The molecule has 0 radical (unpaired) electrons. The van der Waals surface area contributed by atoms with E-state index in [0.717, 1.165) is 22.6 Å². The molecule has 2 rings (SSSR count). The van der Waals surface area contributed by atoms with E-state index in [2.05, 4.69) is 5.32 Å². The molecule has 2 aromatic carbocycles. The fourth-order valence-electron chi connectivity index (χ4n) is 2.09. The van der Waals surface area contributed by atoms with Gasteiger partial charge in [0.1, 0.15) is 18.2 Å². The maximum Gasteiger partial charge on any atom is 0.279 e. The average Bonchev–Trinajstić information content (AvgIpc) is 2.44. The van der Waals surface area contributed by atoms with Crippen molar-refractivity contribution >= 4 is 23.2 Å². The normalized spacial score (nSPS) is 12.0. The van der Waals surface area contributed by atoms with Gasteiger partial charge in [-0.15, -0.1) is 0 Å². The van der Waals surface area contributed by atoms with Gasteiger partial charge in [0, 0.05) is 16.7 Å². The molecule has 2 N–H and O–H groups in total. The lowest BCUT2D eigenvalue weighted by Crippen LogP contribution is -3.08. The highest BCUT2D eigenvalue weighted by Crippen LogP contribution is 2.15. The van der Waals surface area contributed by atoms with Crippen molar-refractivity contribution in [3.8, 4) is 0 Å². The van der Waals surface area contributed by atoms with Gasteiger partial charge in [0.25, 0.3) is 5.91 Å². The van der Waals surface area contributed by atoms with Crippen LogP contribution in [0.5, 0.6) is 0 Å². The number of carbonyl (C=O) groups excluding carboxylic acids is 1. The van der Waals surface area contributed by atoms with Crippen molar-refractivity contribution < 1.29 is 18.5 Å². The minimum absolute atomic E-state index is 0.0306. The number of nitrogens with one attached hydrogen (secondary N) is 2. The molecule has 1 amide bonds. The van der Waals surface area contributed by atoms with E-state index in [-0.39, 0.29) is 18.1 Å². The van der Waals surface area contributed by atoms with Crippen molar-refractivity contribution in [2.24, 2.45) is 0 Å². The third-order valence-corrected chi connectivity index (χ3v) is 3.49. The highest BCUT2D eigenvalue weighted by atomic mass is 35.5. The van der Waals surface area contributed by atoms with Crippen LogP contribution in [0, 0.1) is 11.6 Å². The van der Waals surface area contributed by atoms with Gasteiger partial charge in [-0.05, 0) is 18.2 Å². The monoisotopic (exact) mass is 325 g/mol. The van der Waals surface area contributed by atoms with Crippen molar-refractivity contribution in [3.05, 3.63) is 64.7 Å². The largest absolute Gasteiger partial charge is 0.326 e. The van der Waals surface area contributed by atoms with Gasteiger partial charge < -0.3 is 10.2 Å². The quantitative estimate of drug-likeness (QED) is 0.869. The molecule has 1 unspecified atom stereocenters. The maximum atomic E-state index is 13.5. The van der Waals surface area contributed by atoms with Gasteiger partial charge in [0.2, 0.25) is 0 Å². The van der Waals surface area contributed by atoms with Gasteiger partial charge in [-0.1, -0.05) is 29.8 Å². The molecule has 0 aliphatic carbocycles. The van der Waals surface area contributed by atoms with Gasteiger partial charge >= 0.3 is 0 Å². The van der Waals surface area contributed by atoms with Crippen molar-refractivity contribution in [2.75, 3.05) is 18.9 Å². The number of benzene rings is 2. The lowest BCUT2D eigenvalue weighted by molar-refractivity contribution is -0.885. The number of anilines is 1. The summed E-state index contributed by atoms with van der Waals surface area (Å²) in [5.41, 5.74) is 0.902. The van der Waals surface area contributed by atoms with Gasteiger partial charge in [-0.2, -0.15) is 0 Å². The molecule has 0 saturated heterocycles. The van der Waals surface area contributed by atoms with Crippen LogP contribution in [0.3, 0.4) is 0 Å². The van der Waals surface area contributed by atoms with Gasteiger partial charge in [0.15, 0.2) is 6.54 Å². The van der Waals surface area contributed by atoms with E-state index < -0.39 is 11.6 Å². The molecule has 0 fully saturated rings. The Morgan fingerprint density at radius 1 is 1.23 bits per heavy atom. The SMILES string of the molecule is C[NH+](CC(=O)Nc1ccc(F)cc1F)Cc1ccccc1Cl. The number of hydrogen-bond donors (Lipinski definition) is 2. The Bertz CT molecular complexity index is 679. The molecule has 1 atom stereocenters. The first-order chi connectivity index (χ1) is 10.5. The zero-order chi connectivity index (χ0) is 16.1. The van der Waals surface area contributed by atoms with Crippen molar-refractivity contribution in [1.82, 2.24) is 0 Å². The smallest absolute Gasteiger partial charge is 0.279 e. The fraction of sp³-hybridized carbons (Fsp3) is 0.188. The Morgan fingerprint density at radius 2 is 1.95 bits per heavy atom. The number of rotatable bonds is 5. The Morgan fingerprint density at radius 3 is 2.64 bits per heavy atom. The molecule has 0 aliphatic heterocycles. The molecular weight excluding hydrogens is 310 g/mol. The molecule has 116 valence electrons. The molecule has 22 heavy (non-hydrogen) atoms. The van der Waals surface area contributed by atoms with E-state index in [1.807, 2.05) is 25.2 Å². The molecule has 0 aromatic heterocycles. The Balaban J connectivity index is 1.93. The molecule has 0 aliphatic rings. The lowest BCUT2D eigenvalue weighted by Gasteiger charge is -2.15. The predicted molar refractivity (Wildman–Crippen MR) is 81.9 cm³/mol. The molecular formula is C16H16ClF2N2O+. The van der Waals surface area contributed by atoms with Gasteiger partial charge in [-0.25, -0.2) is 8.78 Å². The lowest BCUT2D eigenvalue weighted by atomic mass is 10.2. The zero-order valence-electron chi connectivity index (χ0n) is 12.0. The third-order valence-electron chi connectivity index (χ3n) is 3.12. The first-order valence-electron chi connectivity index (χ1n) is 6.75. The van der Waals surface area contributed by atoms with Crippen LogP contribution in [-0.4, -0.2) is 19.5 Å². The Hall–Kier alpha value is -1.98. The van der Waals surface area contributed by atoms with Crippen molar-refractivity contribution in [1.29, 1.82) is 0 Å². The maximum absolute atomic E-state index is 13.5. The standard InChI is InChI=1S/C16H15ClF2N2O/c1-21(9-11-4-2-3-5-13(11)17)10-16(22)20-15-7-6-12(18)8-14(15)19/h2-8H,9-10H2,1H3,(H,20,22)/p+1. The number of halogens is 3. The van der Waals surface area contributed by atoms with E-state index in [1.54, 1.807) is 6.07 Å². The predicted octanol–water partition coefficient (Wildman–Crippen LogP) is 2.27. The molecule has 0 saturated carbocycles. The molecule has 2 aromatic rings. The number of quaternary nitrogens is 1. The summed E-state index contributed by atoms with van der Waals surface area (Å²) in [6.07, 6.45) is 0. The van der Waals surface area contributed by atoms with E-state index in [9.17, 15) is 13.6 Å². The van der Waals surface area contributed by atoms with Crippen LogP contribution in [0.1, 0.15) is 5.56 Å². The van der Waals surface area contributed by atoms with Crippen LogP contribution in [0.2, 0.25) is 5.02 Å². The van der Waals surface area contributed by atoms with Crippen LogP contribution in [0.25, 0.3) is 0 Å². The number of carbonyl (C=O) groups is 1. The van der Waals surface area contributed by atoms with Crippen LogP contribution < -0.4 is 10.2 Å². The van der Waals surface area contributed by atoms with E-state index in [4.69, 9.17) is 11.6 Å². The minimum atomic E-state index is -0.794. The Kier molecular flexibility index (Phi) is 5.46. The summed E-state index contributed by atoms with van der Waals surface area (Å²) in [5, 5.41) is 3.08. The molecule has 0 spiro atoms. The van der Waals surface area contributed by atoms with Gasteiger partial charge in [0.05, 0.1) is 12.7 Å². The van der Waals surface area contributed by atoms with E-state index in [1.165, 1.54) is 6.07 Å². The van der Waals surface area contributed by atoms with E-state index in [0.29, 0.717) is 11.6 Å². The van der Waals surface area contributed by atoms with Crippen LogP contribution in [0.4, 0.5) is 14.5 Å². The topological polar surface area (TPSA) is 33.5 Å². The number of likely N-dealkylation sites (N-methyl/N-ethyl adjacent to an activating group) is 1. The minimum Gasteiger partial charge on any atom is -0.326 e. The number of hydrogen-bond acceptors (Lipinski definition) is 1. The number of amides is 1. The fourth-order valence-corrected chi connectivity index (χ4v) is 2.29. The summed E-state index contributed by atoms with van der Waals surface area (Å²) in [5.74, 6) is -1.83. The van der Waals surface area contributed by atoms with Crippen molar-refractivity contribution in [2.45, 2.75) is 6.54 Å². The van der Waals surface area contributed by atoms with Gasteiger partial charge in [-0.3, -0.25) is 4.79 Å². The van der Waals surface area contributed by atoms with Crippen LogP contribution in [0.15, 0.2) is 42.5 Å². The second-order valence-corrected chi connectivity index (χ2v) is 5.48. The summed E-state index contributed by atoms with van der Waals surface area (Å²) < 4.78 is 26.3.